The van der Waals surface area contributed by atoms with Crippen molar-refractivity contribution in [3.63, 3.8) is 0 Å². The fourth-order valence-electron chi connectivity index (χ4n) is 2.57. The number of benzene rings is 1. The SMILES string of the molecule is Cc1nc(N2CCN(c3ccc(F)cc3)CC2)cc(=O)[nH]1. The Bertz CT molecular complexity index is 675. The van der Waals surface area contributed by atoms with E-state index < -0.39 is 0 Å². The fraction of sp³-hybridized carbons (Fsp3) is 0.333. The second-order valence-corrected chi connectivity index (χ2v) is 5.14. The quantitative estimate of drug-likeness (QED) is 0.911. The Balaban J connectivity index is 1.70. The van der Waals surface area contributed by atoms with E-state index in [4.69, 9.17) is 0 Å². The molecule has 2 aromatic rings. The molecule has 0 saturated carbocycles. The van der Waals surface area contributed by atoms with Crippen LogP contribution in [0.1, 0.15) is 5.82 Å². The number of H-pyrrole nitrogens is 1. The summed E-state index contributed by atoms with van der Waals surface area (Å²) < 4.78 is 12.9. The van der Waals surface area contributed by atoms with Crippen LogP contribution in [0.25, 0.3) is 0 Å². The van der Waals surface area contributed by atoms with E-state index in [9.17, 15) is 9.18 Å². The Morgan fingerprint density at radius 3 is 2.33 bits per heavy atom. The van der Waals surface area contributed by atoms with Crippen LogP contribution in [-0.2, 0) is 0 Å². The number of hydrogen-bond acceptors (Lipinski definition) is 4. The summed E-state index contributed by atoms with van der Waals surface area (Å²) in [5.41, 5.74) is 0.893. The summed E-state index contributed by atoms with van der Waals surface area (Å²) in [5, 5.41) is 0. The lowest BCUT2D eigenvalue weighted by molar-refractivity contribution is 0.624. The predicted octanol–water partition coefficient (Wildman–Crippen LogP) is 1.54. The molecule has 110 valence electrons. The molecule has 5 nitrogen and oxygen atoms in total. The summed E-state index contributed by atoms with van der Waals surface area (Å²) >= 11 is 0. The van der Waals surface area contributed by atoms with Crippen LogP contribution in [-0.4, -0.2) is 36.1 Å². The van der Waals surface area contributed by atoms with Crippen LogP contribution in [0.4, 0.5) is 15.9 Å². The maximum atomic E-state index is 12.9. The van der Waals surface area contributed by atoms with Crippen LogP contribution in [0.2, 0.25) is 0 Å². The van der Waals surface area contributed by atoms with Crippen molar-refractivity contribution in [2.24, 2.45) is 0 Å². The number of piperazine rings is 1. The number of nitrogens with zero attached hydrogens (tertiary/aromatic N) is 3. The lowest BCUT2D eigenvalue weighted by Crippen LogP contribution is -2.47. The Kier molecular flexibility index (Phi) is 3.60. The highest BCUT2D eigenvalue weighted by atomic mass is 19.1. The van der Waals surface area contributed by atoms with Gasteiger partial charge in [0.2, 0.25) is 0 Å². The predicted molar refractivity (Wildman–Crippen MR) is 80.4 cm³/mol. The average molecular weight is 288 g/mol. The van der Waals surface area contributed by atoms with Crippen molar-refractivity contribution < 1.29 is 4.39 Å². The van der Waals surface area contributed by atoms with E-state index in [1.165, 1.54) is 18.2 Å². The highest BCUT2D eigenvalue weighted by Gasteiger charge is 2.18. The van der Waals surface area contributed by atoms with Crippen molar-refractivity contribution in [3.05, 3.63) is 52.3 Å². The maximum Gasteiger partial charge on any atom is 0.252 e. The number of aryl methyl sites for hydroxylation is 1. The smallest absolute Gasteiger partial charge is 0.252 e. The molecule has 0 atom stereocenters. The molecular weight excluding hydrogens is 271 g/mol. The van der Waals surface area contributed by atoms with E-state index in [1.54, 1.807) is 19.1 Å². The molecule has 1 saturated heterocycles. The molecular formula is C15H17FN4O. The molecule has 1 N–H and O–H groups in total. The van der Waals surface area contributed by atoms with Gasteiger partial charge in [-0.05, 0) is 31.2 Å². The highest BCUT2D eigenvalue weighted by Crippen LogP contribution is 2.19. The molecule has 0 spiro atoms. The number of rotatable bonds is 2. The van der Waals surface area contributed by atoms with E-state index in [0.717, 1.165) is 37.7 Å². The average Bonchev–Trinajstić information content (AvgIpc) is 2.47. The van der Waals surface area contributed by atoms with Crippen LogP contribution in [0.3, 0.4) is 0 Å². The fourth-order valence-corrected chi connectivity index (χ4v) is 2.57. The van der Waals surface area contributed by atoms with E-state index in [2.05, 4.69) is 19.8 Å². The van der Waals surface area contributed by atoms with Gasteiger partial charge in [-0.25, -0.2) is 9.37 Å². The number of aromatic amines is 1. The first-order valence-electron chi connectivity index (χ1n) is 6.95. The summed E-state index contributed by atoms with van der Waals surface area (Å²) in [5.74, 6) is 1.12. The minimum atomic E-state index is -0.222. The second kappa shape index (κ2) is 5.55. The zero-order valence-corrected chi connectivity index (χ0v) is 11.8. The Morgan fingerprint density at radius 2 is 1.71 bits per heavy atom. The monoisotopic (exact) mass is 288 g/mol. The van der Waals surface area contributed by atoms with Gasteiger partial charge in [0.25, 0.3) is 5.56 Å². The van der Waals surface area contributed by atoms with Crippen LogP contribution in [0, 0.1) is 12.7 Å². The molecule has 1 aromatic carbocycles. The molecule has 1 aliphatic rings. The number of anilines is 2. The van der Waals surface area contributed by atoms with Gasteiger partial charge in [-0.3, -0.25) is 4.79 Å². The maximum absolute atomic E-state index is 12.9. The molecule has 21 heavy (non-hydrogen) atoms. The Hall–Kier alpha value is -2.37. The van der Waals surface area contributed by atoms with Gasteiger partial charge >= 0.3 is 0 Å². The van der Waals surface area contributed by atoms with Gasteiger partial charge in [-0.2, -0.15) is 0 Å². The number of aromatic nitrogens is 2. The minimum absolute atomic E-state index is 0.126. The molecule has 3 rings (SSSR count). The molecule has 6 heteroatoms. The van der Waals surface area contributed by atoms with Crippen molar-refractivity contribution in [1.29, 1.82) is 0 Å². The Morgan fingerprint density at radius 1 is 1.10 bits per heavy atom. The summed E-state index contributed by atoms with van der Waals surface area (Å²) in [6, 6.07) is 8.06. The van der Waals surface area contributed by atoms with Gasteiger partial charge in [0.1, 0.15) is 17.5 Å². The number of nitrogens with one attached hydrogen (secondary N) is 1. The molecule has 0 unspecified atom stereocenters. The van der Waals surface area contributed by atoms with Crippen molar-refractivity contribution in [1.82, 2.24) is 9.97 Å². The molecule has 1 aliphatic heterocycles. The van der Waals surface area contributed by atoms with E-state index in [-0.39, 0.29) is 11.4 Å². The van der Waals surface area contributed by atoms with E-state index in [1.807, 2.05) is 0 Å². The molecule has 2 heterocycles. The first kappa shape index (κ1) is 13.6. The van der Waals surface area contributed by atoms with E-state index in [0.29, 0.717) is 5.82 Å². The van der Waals surface area contributed by atoms with Crippen LogP contribution < -0.4 is 15.4 Å². The van der Waals surface area contributed by atoms with Gasteiger partial charge in [0.15, 0.2) is 0 Å². The molecule has 0 bridgehead atoms. The second-order valence-electron chi connectivity index (χ2n) is 5.14. The van der Waals surface area contributed by atoms with Gasteiger partial charge in [0, 0.05) is 37.9 Å². The van der Waals surface area contributed by atoms with Crippen molar-refractivity contribution in [2.75, 3.05) is 36.0 Å². The lowest BCUT2D eigenvalue weighted by atomic mass is 10.2. The van der Waals surface area contributed by atoms with Crippen molar-refractivity contribution in [2.45, 2.75) is 6.92 Å². The summed E-state index contributed by atoms with van der Waals surface area (Å²) in [6.07, 6.45) is 0. The zero-order chi connectivity index (χ0) is 14.8. The minimum Gasteiger partial charge on any atom is -0.368 e. The number of hydrogen-bond donors (Lipinski definition) is 1. The van der Waals surface area contributed by atoms with Crippen molar-refractivity contribution in [3.8, 4) is 0 Å². The van der Waals surface area contributed by atoms with Crippen molar-refractivity contribution >= 4 is 11.5 Å². The van der Waals surface area contributed by atoms with Gasteiger partial charge in [-0.1, -0.05) is 0 Å². The Labute approximate surface area is 122 Å². The third-order valence-electron chi connectivity index (χ3n) is 3.64. The number of halogens is 1. The summed E-state index contributed by atoms with van der Waals surface area (Å²) in [7, 11) is 0. The first-order valence-corrected chi connectivity index (χ1v) is 6.95. The third kappa shape index (κ3) is 3.04. The van der Waals surface area contributed by atoms with Crippen LogP contribution >= 0.6 is 0 Å². The summed E-state index contributed by atoms with van der Waals surface area (Å²) in [6.45, 7) is 4.98. The molecule has 0 radical (unpaired) electrons. The normalized spacial score (nSPS) is 15.3. The lowest BCUT2D eigenvalue weighted by Gasteiger charge is -2.36. The summed E-state index contributed by atoms with van der Waals surface area (Å²) in [4.78, 5) is 22.8. The van der Waals surface area contributed by atoms with Crippen LogP contribution in [0.15, 0.2) is 35.1 Å². The highest BCUT2D eigenvalue weighted by molar-refractivity contribution is 5.49. The van der Waals surface area contributed by atoms with Crippen LogP contribution in [0.5, 0.6) is 0 Å². The molecule has 1 fully saturated rings. The largest absolute Gasteiger partial charge is 0.368 e. The first-order chi connectivity index (χ1) is 10.1. The topological polar surface area (TPSA) is 52.2 Å². The van der Waals surface area contributed by atoms with Gasteiger partial charge in [-0.15, -0.1) is 0 Å². The third-order valence-corrected chi connectivity index (χ3v) is 3.64. The van der Waals surface area contributed by atoms with Gasteiger partial charge < -0.3 is 14.8 Å². The molecule has 0 amide bonds. The molecule has 1 aromatic heterocycles. The standard InChI is InChI=1S/C15H17FN4O/c1-11-17-14(10-15(21)18-11)20-8-6-19(7-9-20)13-4-2-12(16)3-5-13/h2-5,10H,6-9H2,1H3,(H,17,18,21). The van der Waals surface area contributed by atoms with E-state index >= 15 is 0 Å². The van der Waals surface area contributed by atoms with Gasteiger partial charge in [0.05, 0.1) is 0 Å². The molecule has 0 aliphatic carbocycles. The zero-order valence-electron chi connectivity index (χ0n) is 11.8.